The third-order valence-corrected chi connectivity index (χ3v) is 3.15. The van der Waals surface area contributed by atoms with Crippen LogP contribution in [0.5, 0.6) is 0 Å². The molecule has 2 aromatic rings. The van der Waals surface area contributed by atoms with E-state index in [1.54, 1.807) is 13.0 Å². The van der Waals surface area contributed by atoms with Crippen LogP contribution in [0.15, 0.2) is 42.5 Å². The zero-order valence-electron chi connectivity index (χ0n) is 11.4. The second-order valence-electron chi connectivity index (χ2n) is 4.74. The Balaban J connectivity index is 2.03. The van der Waals surface area contributed by atoms with Crippen LogP contribution in [0.25, 0.3) is 0 Å². The SMILES string of the molecule is Cc1c(F)cccc1NC(=O)CC(O)c1cccc(F)c1. The molecule has 1 amide bonds. The van der Waals surface area contributed by atoms with Gasteiger partial charge in [0, 0.05) is 11.3 Å². The molecule has 0 radical (unpaired) electrons. The van der Waals surface area contributed by atoms with E-state index in [4.69, 9.17) is 0 Å². The lowest BCUT2D eigenvalue weighted by molar-refractivity contribution is -0.118. The van der Waals surface area contributed by atoms with Gasteiger partial charge in [0.1, 0.15) is 11.6 Å². The van der Waals surface area contributed by atoms with E-state index in [2.05, 4.69) is 5.32 Å². The molecule has 0 heterocycles. The van der Waals surface area contributed by atoms with Gasteiger partial charge in [-0.1, -0.05) is 18.2 Å². The standard InChI is InChI=1S/C16H15F2NO2/c1-10-13(18)6-3-7-14(10)19-16(21)9-15(20)11-4-2-5-12(17)8-11/h2-8,15,20H,9H2,1H3,(H,19,21). The first-order valence-corrected chi connectivity index (χ1v) is 6.46. The van der Waals surface area contributed by atoms with Crippen LogP contribution in [0.3, 0.4) is 0 Å². The molecule has 0 spiro atoms. The van der Waals surface area contributed by atoms with Crippen LogP contribution in [0.4, 0.5) is 14.5 Å². The molecule has 0 saturated heterocycles. The highest BCUT2D eigenvalue weighted by molar-refractivity contribution is 5.91. The highest BCUT2D eigenvalue weighted by Gasteiger charge is 2.15. The fourth-order valence-corrected chi connectivity index (χ4v) is 1.95. The number of carbonyl (C=O) groups is 1. The van der Waals surface area contributed by atoms with Gasteiger partial charge >= 0.3 is 0 Å². The molecule has 2 aromatic carbocycles. The van der Waals surface area contributed by atoms with Gasteiger partial charge in [0.15, 0.2) is 0 Å². The van der Waals surface area contributed by atoms with Crippen LogP contribution in [0, 0.1) is 18.6 Å². The maximum absolute atomic E-state index is 13.4. The van der Waals surface area contributed by atoms with Crippen molar-refractivity contribution in [3.05, 3.63) is 65.2 Å². The molecule has 0 aliphatic rings. The molecule has 1 unspecified atom stereocenters. The second kappa shape index (κ2) is 6.45. The molecule has 3 nitrogen and oxygen atoms in total. The van der Waals surface area contributed by atoms with Gasteiger partial charge in [-0.2, -0.15) is 0 Å². The first-order valence-electron chi connectivity index (χ1n) is 6.46. The van der Waals surface area contributed by atoms with Gasteiger partial charge in [0.25, 0.3) is 0 Å². The summed E-state index contributed by atoms with van der Waals surface area (Å²) in [5, 5.41) is 12.4. The maximum Gasteiger partial charge on any atom is 0.227 e. The molecular weight excluding hydrogens is 276 g/mol. The maximum atomic E-state index is 13.4. The number of aliphatic hydroxyl groups excluding tert-OH is 1. The Labute approximate surface area is 121 Å². The molecule has 21 heavy (non-hydrogen) atoms. The van der Waals surface area contributed by atoms with Crippen LogP contribution in [0.2, 0.25) is 0 Å². The molecule has 0 bridgehead atoms. The molecule has 2 rings (SSSR count). The highest BCUT2D eigenvalue weighted by atomic mass is 19.1. The number of benzene rings is 2. The Hall–Kier alpha value is -2.27. The minimum atomic E-state index is -1.12. The number of anilines is 1. The molecule has 5 heteroatoms. The monoisotopic (exact) mass is 291 g/mol. The van der Waals surface area contributed by atoms with Crippen molar-refractivity contribution in [3.63, 3.8) is 0 Å². The second-order valence-corrected chi connectivity index (χ2v) is 4.74. The van der Waals surface area contributed by atoms with Crippen molar-refractivity contribution in [1.82, 2.24) is 0 Å². The molecule has 0 aromatic heterocycles. The van der Waals surface area contributed by atoms with E-state index in [1.807, 2.05) is 0 Å². The molecule has 0 saturated carbocycles. The molecule has 0 fully saturated rings. The number of nitrogens with one attached hydrogen (secondary N) is 1. The summed E-state index contributed by atoms with van der Waals surface area (Å²) in [5.41, 5.74) is 0.999. The van der Waals surface area contributed by atoms with Gasteiger partial charge in [-0.15, -0.1) is 0 Å². The lowest BCUT2D eigenvalue weighted by Crippen LogP contribution is -2.16. The molecule has 2 N–H and O–H groups in total. The van der Waals surface area contributed by atoms with Gasteiger partial charge in [-0.05, 0) is 36.8 Å². The fourth-order valence-electron chi connectivity index (χ4n) is 1.95. The molecule has 0 aliphatic carbocycles. The van der Waals surface area contributed by atoms with Crippen molar-refractivity contribution >= 4 is 11.6 Å². The Morgan fingerprint density at radius 2 is 1.95 bits per heavy atom. The Morgan fingerprint density at radius 3 is 2.67 bits per heavy atom. The summed E-state index contributed by atoms with van der Waals surface area (Å²) in [4.78, 5) is 11.9. The third kappa shape index (κ3) is 3.86. The highest BCUT2D eigenvalue weighted by Crippen LogP contribution is 2.21. The summed E-state index contributed by atoms with van der Waals surface area (Å²) in [5.74, 6) is -1.37. The van der Waals surface area contributed by atoms with Gasteiger partial charge < -0.3 is 10.4 Å². The van der Waals surface area contributed by atoms with Gasteiger partial charge in [-0.3, -0.25) is 4.79 Å². The molecule has 110 valence electrons. The van der Waals surface area contributed by atoms with Crippen LogP contribution in [-0.4, -0.2) is 11.0 Å². The van der Waals surface area contributed by atoms with Crippen molar-refractivity contribution in [1.29, 1.82) is 0 Å². The van der Waals surface area contributed by atoms with Crippen LogP contribution in [-0.2, 0) is 4.79 Å². The topological polar surface area (TPSA) is 49.3 Å². The predicted octanol–water partition coefficient (Wildman–Crippen LogP) is 3.34. The summed E-state index contributed by atoms with van der Waals surface area (Å²) in [6.07, 6.45) is -1.35. The Kier molecular flexibility index (Phi) is 4.65. The minimum Gasteiger partial charge on any atom is -0.388 e. The first-order chi connectivity index (χ1) is 9.97. The van der Waals surface area contributed by atoms with Gasteiger partial charge in [0.05, 0.1) is 12.5 Å². The van der Waals surface area contributed by atoms with E-state index in [0.717, 1.165) is 0 Å². The van der Waals surface area contributed by atoms with E-state index < -0.39 is 23.6 Å². The predicted molar refractivity (Wildman–Crippen MR) is 75.7 cm³/mol. The zero-order valence-corrected chi connectivity index (χ0v) is 11.4. The van der Waals surface area contributed by atoms with Crippen molar-refractivity contribution in [2.45, 2.75) is 19.4 Å². The molecule has 1 atom stereocenters. The van der Waals surface area contributed by atoms with Crippen LogP contribution < -0.4 is 5.32 Å². The lowest BCUT2D eigenvalue weighted by Gasteiger charge is -2.13. The Morgan fingerprint density at radius 1 is 1.24 bits per heavy atom. The zero-order chi connectivity index (χ0) is 15.4. The summed E-state index contributed by atoms with van der Waals surface area (Å²) in [6, 6.07) is 9.78. The summed E-state index contributed by atoms with van der Waals surface area (Å²) in [6.45, 7) is 1.55. The van der Waals surface area contributed by atoms with E-state index in [0.29, 0.717) is 16.8 Å². The van der Waals surface area contributed by atoms with Crippen molar-refractivity contribution < 1.29 is 18.7 Å². The number of carbonyl (C=O) groups excluding carboxylic acids is 1. The largest absolute Gasteiger partial charge is 0.388 e. The van der Waals surface area contributed by atoms with E-state index in [1.165, 1.54) is 36.4 Å². The van der Waals surface area contributed by atoms with Crippen LogP contribution >= 0.6 is 0 Å². The van der Waals surface area contributed by atoms with Gasteiger partial charge in [0.2, 0.25) is 5.91 Å². The Bertz CT molecular complexity index is 658. The minimum absolute atomic E-state index is 0.237. The number of amides is 1. The number of hydrogen-bond donors (Lipinski definition) is 2. The first kappa shape index (κ1) is 15.1. The summed E-state index contributed by atoms with van der Waals surface area (Å²) in [7, 11) is 0. The average molecular weight is 291 g/mol. The smallest absolute Gasteiger partial charge is 0.227 e. The summed E-state index contributed by atoms with van der Waals surface area (Å²) >= 11 is 0. The molecule has 0 aliphatic heterocycles. The van der Waals surface area contributed by atoms with Crippen LogP contribution in [0.1, 0.15) is 23.7 Å². The lowest BCUT2D eigenvalue weighted by atomic mass is 10.1. The quantitative estimate of drug-likeness (QED) is 0.907. The normalized spacial score (nSPS) is 12.0. The van der Waals surface area contributed by atoms with Crippen molar-refractivity contribution in [2.24, 2.45) is 0 Å². The fraction of sp³-hybridized carbons (Fsp3) is 0.188. The number of rotatable bonds is 4. The number of hydrogen-bond acceptors (Lipinski definition) is 2. The van der Waals surface area contributed by atoms with E-state index in [-0.39, 0.29) is 6.42 Å². The number of aliphatic hydroxyl groups is 1. The number of halogens is 2. The average Bonchev–Trinajstić information content (AvgIpc) is 2.44. The van der Waals surface area contributed by atoms with E-state index >= 15 is 0 Å². The van der Waals surface area contributed by atoms with Crippen molar-refractivity contribution in [2.75, 3.05) is 5.32 Å². The molecular formula is C16H15F2NO2. The summed E-state index contributed by atoms with van der Waals surface area (Å²) < 4.78 is 26.4. The third-order valence-electron chi connectivity index (χ3n) is 3.15. The van der Waals surface area contributed by atoms with E-state index in [9.17, 15) is 18.7 Å². The van der Waals surface area contributed by atoms with Gasteiger partial charge in [-0.25, -0.2) is 8.78 Å². The van der Waals surface area contributed by atoms with Crippen molar-refractivity contribution in [3.8, 4) is 0 Å².